The summed E-state index contributed by atoms with van der Waals surface area (Å²) in [6.07, 6.45) is 2.05. The summed E-state index contributed by atoms with van der Waals surface area (Å²) < 4.78 is 7.28. The zero-order valence-electron chi connectivity index (χ0n) is 14.9. The summed E-state index contributed by atoms with van der Waals surface area (Å²) in [5.41, 5.74) is 6.07. The van der Waals surface area contributed by atoms with Crippen LogP contribution in [0.5, 0.6) is 5.75 Å². The van der Waals surface area contributed by atoms with Crippen LogP contribution in [-0.4, -0.2) is 28.4 Å². The van der Waals surface area contributed by atoms with Crippen LogP contribution in [0.1, 0.15) is 18.3 Å². The SMILES string of the molecule is CCc1nc2ccc(Br)cc2c(=O)n1N=Cc1ccc(OCC(N)=O)c(Cl)c1. The first-order valence-corrected chi connectivity index (χ1v) is 9.52. The molecule has 28 heavy (non-hydrogen) atoms. The van der Waals surface area contributed by atoms with Crippen LogP contribution in [0.15, 0.2) is 50.8 Å². The molecule has 0 fully saturated rings. The quantitative estimate of drug-likeness (QED) is 0.568. The van der Waals surface area contributed by atoms with Gasteiger partial charge in [0.2, 0.25) is 0 Å². The fraction of sp³-hybridized carbons (Fsp3) is 0.158. The normalized spacial score (nSPS) is 11.2. The van der Waals surface area contributed by atoms with Gasteiger partial charge in [-0.05, 0) is 42.0 Å². The van der Waals surface area contributed by atoms with Crippen LogP contribution in [0.2, 0.25) is 5.02 Å². The molecule has 2 aromatic carbocycles. The number of primary amides is 1. The summed E-state index contributed by atoms with van der Waals surface area (Å²) >= 11 is 9.52. The number of fused-ring (bicyclic) bond motifs is 1. The van der Waals surface area contributed by atoms with E-state index >= 15 is 0 Å². The molecule has 7 nitrogen and oxygen atoms in total. The number of carbonyl (C=O) groups is 1. The summed E-state index contributed by atoms with van der Waals surface area (Å²) in [6.45, 7) is 1.64. The molecule has 0 saturated carbocycles. The Balaban J connectivity index is 1.96. The molecule has 0 atom stereocenters. The smallest absolute Gasteiger partial charge is 0.282 e. The lowest BCUT2D eigenvalue weighted by atomic mass is 10.2. The van der Waals surface area contributed by atoms with Crippen molar-refractivity contribution in [2.24, 2.45) is 10.8 Å². The van der Waals surface area contributed by atoms with Crippen molar-refractivity contribution in [3.05, 3.63) is 67.6 Å². The number of aryl methyl sites for hydroxylation is 1. The third-order valence-electron chi connectivity index (χ3n) is 3.84. The lowest BCUT2D eigenvalue weighted by Crippen LogP contribution is -2.22. The lowest BCUT2D eigenvalue weighted by Gasteiger charge is -2.08. The fourth-order valence-corrected chi connectivity index (χ4v) is 3.14. The summed E-state index contributed by atoms with van der Waals surface area (Å²) in [4.78, 5) is 28.2. The molecule has 0 aliphatic rings. The highest BCUT2D eigenvalue weighted by molar-refractivity contribution is 9.10. The van der Waals surface area contributed by atoms with Crippen LogP contribution < -0.4 is 16.0 Å². The van der Waals surface area contributed by atoms with Gasteiger partial charge < -0.3 is 10.5 Å². The van der Waals surface area contributed by atoms with Crippen molar-refractivity contribution in [1.29, 1.82) is 0 Å². The van der Waals surface area contributed by atoms with Crippen molar-refractivity contribution in [3.8, 4) is 5.75 Å². The van der Waals surface area contributed by atoms with Gasteiger partial charge in [-0.2, -0.15) is 9.78 Å². The third-order valence-corrected chi connectivity index (χ3v) is 4.63. The largest absolute Gasteiger partial charge is 0.482 e. The van der Waals surface area contributed by atoms with Crippen molar-refractivity contribution in [2.45, 2.75) is 13.3 Å². The average molecular weight is 464 g/mol. The van der Waals surface area contributed by atoms with Crippen LogP contribution in [-0.2, 0) is 11.2 Å². The first-order valence-electron chi connectivity index (χ1n) is 8.35. The monoisotopic (exact) mass is 462 g/mol. The molecule has 3 aromatic rings. The first kappa shape index (κ1) is 20.0. The number of carbonyl (C=O) groups excluding carboxylic acids is 1. The van der Waals surface area contributed by atoms with Crippen LogP contribution in [0.25, 0.3) is 10.9 Å². The average Bonchev–Trinajstić information content (AvgIpc) is 2.66. The van der Waals surface area contributed by atoms with Gasteiger partial charge in [0.05, 0.1) is 22.1 Å². The maximum Gasteiger partial charge on any atom is 0.282 e. The molecule has 0 saturated heterocycles. The molecule has 0 spiro atoms. The minimum atomic E-state index is -0.594. The number of aromatic nitrogens is 2. The van der Waals surface area contributed by atoms with E-state index in [0.717, 1.165) is 4.47 Å². The van der Waals surface area contributed by atoms with Crippen molar-refractivity contribution < 1.29 is 9.53 Å². The number of ether oxygens (including phenoxy) is 1. The van der Waals surface area contributed by atoms with E-state index in [0.29, 0.717) is 39.5 Å². The molecule has 1 heterocycles. The van der Waals surface area contributed by atoms with Crippen LogP contribution >= 0.6 is 27.5 Å². The molecule has 3 rings (SSSR count). The molecule has 1 amide bonds. The Bertz CT molecular complexity index is 1140. The Morgan fingerprint density at radius 3 is 2.82 bits per heavy atom. The van der Waals surface area contributed by atoms with Crippen molar-refractivity contribution in [1.82, 2.24) is 9.66 Å². The molecular formula is C19H16BrClN4O3. The van der Waals surface area contributed by atoms with Gasteiger partial charge in [0.15, 0.2) is 6.61 Å². The van der Waals surface area contributed by atoms with E-state index in [1.165, 1.54) is 10.9 Å². The highest BCUT2D eigenvalue weighted by Crippen LogP contribution is 2.25. The van der Waals surface area contributed by atoms with Gasteiger partial charge in [0, 0.05) is 10.9 Å². The van der Waals surface area contributed by atoms with Crippen LogP contribution in [0, 0.1) is 0 Å². The van der Waals surface area contributed by atoms with E-state index < -0.39 is 5.91 Å². The first-order chi connectivity index (χ1) is 13.4. The molecule has 2 N–H and O–H groups in total. The molecule has 0 aliphatic heterocycles. The van der Waals surface area contributed by atoms with E-state index in [1.807, 2.05) is 13.0 Å². The van der Waals surface area contributed by atoms with Crippen LogP contribution in [0.3, 0.4) is 0 Å². The summed E-state index contributed by atoms with van der Waals surface area (Å²) in [7, 11) is 0. The number of amides is 1. The topological polar surface area (TPSA) is 99.6 Å². The molecule has 0 radical (unpaired) electrons. The Morgan fingerprint density at radius 2 is 2.14 bits per heavy atom. The predicted molar refractivity (Wildman–Crippen MR) is 112 cm³/mol. The van der Waals surface area contributed by atoms with Crippen molar-refractivity contribution >= 4 is 50.6 Å². The molecule has 9 heteroatoms. The number of hydrogen-bond acceptors (Lipinski definition) is 5. The molecule has 0 unspecified atom stereocenters. The number of benzene rings is 2. The van der Waals surface area contributed by atoms with E-state index in [2.05, 4.69) is 26.0 Å². The Labute approximate surface area is 173 Å². The second kappa shape index (κ2) is 8.53. The van der Waals surface area contributed by atoms with Gasteiger partial charge in [-0.3, -0.25) is 9.59 Å². The third kappa shape index (κ3) is 4.40. The molecule has 144 valence electrons. The summed E-state index contributed by atoms with van der Waals surface area (Å²) in [6, 6.07) is 10.3. The number of halogens is 2. The fourth-order valence-electron chi connectivity index (χ4n) is 2.53. The maximum absolute atomic E-state index is 12.9. The van der Waals surface area contributed by atoms with Gasteiger partial charge >= 0.3 is 0 Å². The summed E-state index contributed by atoms with van der Waals surface area (Å²) in [5.74, 6) is 0.286. The maximum atomic E-state index is 12.9. The second-order valence-corrected chi connectivity index (χ2v) is 7.17. The van der Waals surface area contributed by atoms with Crippen molar-refractivity contribution in [3.63, 3.8) is 0 Å². The zero-order chi connectivity index (χ0) is 20.3. The van der Waals surface area contributed by atoms with Crippen LogP contribution in [0.4, 0.5) is 0 Å². The van der Waals surface area contributed by atoms with E-state index in [1.54, 1.807) is 30.3 Å². The van der Waals surface area contributed by atoms with E-state index in [-0.39, 0.29) is 12.2 Å². The van der Waals surface area contributed by atoms with Gasteiger partial charge in [-0.1, -0.05) is 34.5 Å². The highest BCUT2D eigenvalue weighted by Gasteiger charge is 2.10. The Morgan fingerprint density at radius 1 is 1.36 bits per heavy atom. The van der Waals surface area contributed by atoms with Gasteiger partial charge in [0.1, 0.15) is 11.6 Å². The predicted octanol–water partition coefficient (Wildman–Crippen LogP) is 3.12. The highest BCUT2D eigenvalue weighted by atomic mass is 79.9. The van der Waals surface area contributed by atoms with Gasteiger partial charge in [-0.25, -0.2) is 4.98 Å². The molecule has 0 aliphatic carbocycles. The number of nitrogens with zero attached hydrogens (tertiary/aromatic N) is 3. The van der Waals surface area contributed by atoms with Gasteiger partial charge in [-0.15, -0.1) is 0 Å². The summed E-state index contributed by atoms with van der Waals surface area (Å²) in [5, 5.41) is 5.07. The molecule has 1 aromatic heterocycles. The number of nitrogens with two attached hydrogens (primary N) is 1. The van der Waals surface area contributed by atoms with E-state index in [4.69, 9.17) is 22.1 Å². The molecule has 0 bridgehead atoms. The minimum absolute atomic E-state index is 0.257. The second-order valence-electron chi connectivity index (χ2n) is 5.85. The molecular weight excluding hydrogens is 448 g/mol. The lowest BCUT2D eigenvalue weighted by molar-refractivity contribution is -0.119. The Kier molecular flexibility index (Phi) is 6.11. The standard InChI is InChI=1S/C19H16BrClN4O3/c1-2-18-24-15-5-4-12(20)8-13(15)19(27)25(18)23-9-11-3-6-16(14(21)7-11)28-10-17(22)26/h3-9H,2,10H2,1H3,(H2,22,26). The van der Waals surface area contributed by atoms with E-state index in [9.17, 15) is 9.59 Å². The Hall–Kier alpha value is -2.71. The number of rotatable bonds is 6. The van der Waals surface area contributed by atoms with Gasteiger partial charge in [0.25, 0.3) is 11.5 Å². The minimum Gasteiger partial charge on any atom is -0.482 e. The number of hydrogen-bond donors (Lipinski definition) is 1. The van der Waals surface area contributed by atoms with Crippen molar-refractivity contribution in [2.75, 3.05) is 6.61 Å². The zero-order valence-corrected chi connectivity index (χ0v) is 17.2.